The van der Waals surface area contributed by atoms with E-state index in [1.807, 2.05) is 36.6 Å². The summed E-state index contributed by atoms with van der Waals surface area (Å²) in [5, 5.41) is 8.74. The van der Waals surface area contributed by atoms with E-state index in [1.165, 1.54) is 12.1 Å². The minimum absolute atomic E-state index is 0.176. The molecular formula is C19H18FN3OS. The fraction of sp³-hybridized carbons (Fsp3) is 0.158. The summed E-state index contributed by atoms with van der Waals surface area (Å²) in [5.74, 6) is -0.754. The van der Waals surface area contributed by atoms with Crippen molar-refractivity contribution >= 4 is 28.6 Å². The summed E-state index contributed by atoms with van der Waals surface area (Å²) in [7, 11) is 0. The van der Waals surface area contributed by atoms with Crippen LogP contribution in [-0.2, 0) is 4.79 Å². The molecule has 0 fully saturated rings. The molecule has 1 atom stereocenters. The van der Waals surface area contributed by atoms with Crippen molar-refractivity contribution < 1.29 is 9.18 Å². The van der Waals surface area contributed by atoms with Crippen LogP contribution in [0, 0.1) is 12.7 Å². The van der Waals surface area contributed by atoms with Gasteiger partial charge < -0.3 is 10.6 Å². The van der Waals surface area contributed by atoms with Crippen LogP contribution in [0.25, 0.3) is 11.3 Å². The van der Waals surface area contributed by atoms with Gasteiger partial charge in [0.05, 0.1) is 16.4 Å². The molecule has 0 saturated heterocycles. The van der Waals surface area contributed by atoms with Crippen molar-refractivity contribution in [3.8, 4) is 11.3 Å². The van der Waals surface area contributed by atoms with Crippen LogP contribution >= 0.6 is 11.3 Å². The van der Waals surface area contributed by atoms with Crippen molar-refractivity contribution in [2.24, 2.45) is 0 Å². The van der Waals surface area contributed by atoms with Gasteiger partial charge in [-0.1, -0.05) is 24.3 Å². The lowest BCUT2D eigenvalue weighted by Gasteiger charge is -2.15. The van der Waals surface area contributed by atoms with Gasteiger partial charge in [-0.05, 0) is 38.1 Å². The third-order valence-corrected chi connectivity index (χ3v) is 4.48. The van der Waals surface area contributed by atoms with Crippen molar-refractivity contribution in [3.63, 3.8) is 0 Å². The maximum atomic E-state index is 13.6. The highest BCUT2D eigenvalue weighted by Gasteiger charge is 2.14. The number of nitrogens with one attached hydrogen (secondary N) is 2. The largest absolute Gasteiger partial charge is 0.374 e. The van der Waals surface area contributed by atoms with Gasteiger partial charge in [-0.15, -0.1) is 11.3 Å². The Kier molecular flexibility index (Phi) is 5.09. The molecular weight excluding hydrogens is 337 g/mol. The van der Waals surface area contributed by atoms with Gasteiger partial charge in [-0.3, -0.25) is 4.79 Å². The number of thiazole rings is 1. The standard InChI is InChI=1S/C19H18FN3OS/c1-12(19(24)23-17-6-4-3-5-16(17)20)21-15-9-7-14(8-10-15)18-11-25-13(2)22-18/h3-12,21H,1-2H3,(H,23,24)/t12-/m0/s1. The number of aryl methyl sites for hydroxylation is 1. The van der Waals surface area contributed by atoms with E-state index >= 15 is 0 Å². The number of benzene rings is 2. The fourth-order valence-corrected chi connectivity index (χ4v) is 2.97. The summed E-state index contributed by atoms with van der Waals surface area (Å²) in [6.45, 7) is 3.70. The molecule has 3 rings (SSSR count). The minimum atomic E-state index is -0.507. The third kappa shape index (κ3) is 4.22. The second-order valence-electron chi connectivity index (χ2n) is 5.66. The topological polar surface area (TPSA) is 54.0 Å². The van der Waals surface area contributed by atoms with Gasteiger partial charge in [0, 0.05) is 16.6 Å². The number of aromatic nitrogens is 1. The average Bonchev–Trinajstić information content (AvgIpc) is 3.04. The number of carbonyl (C=O) groups is 1. The lowest BCUT2D eigenvalue weighted by atomic mass is 10.1. The normalized spacial score (nSPS) is 11.8. The van der Waals surface area contributed by atoms with Crippen molar-refractivity contribution in [2.45, 2.75) is 19.9 Å². The molecule has 6 heteroatoms. The van der Waals surface area contributed by atoms with E-state index in [4.69, 9.17) is 0 Å². The monoisotopic (exact) mass is 355 g/mol. The summed E-state index contributed by atoms with van der Waals surface area (Å²) >= 11 is 1.61. The van der Waals surface area contributed by atoms with Crippen LogP contribution in [0.3, 0.4) is 0 Å². The number of rotatable bonds is 5. The Morgan fingerprint density at radius 3 is 2.52 bits per heavy atom. The summed E-state index contributed by atoms with van der Waals surface area (Å²) in [6, 6.07) is 13.3. The number of hydrogen-bond donors (Lipinski definition) is 2. The SMILES string of the molecule is Cc1nc(-c2ccc(N[C@@H](C)C(=O)Nc3ccccc3F)cc2)cs1. The van der Waals surface area contributed by atoms with Crippen molar-refractivity contribution in [3.05, 3.63) is 64.7 Å². The molecule has 0 aliphatic rings. The van der Waals surface area contributed by atoms with Gasteiger partial charge in [0.1, 0.15) is 11.9 Å². The summed E-state index contributed by atoms with van der Waals surface area (Å²) in [5.41, 5.74) is 2.96. The van der Waals surface area contributed by atoms with E-state index in [-0.39, 0.29) is 11.6 Å². The van der Waals surface area contributed by atoms with Crippen molar-refractivity contribution in [2.75, 3.05) is 10.6 Å². The summed E-state index contributed by atoms with van der Waals surface area (Å²) < 4.78 is 13.6. The van der Waals surface area contributed by atoms with E-state index in [1.54, 1.807) is 30.4 Å². The van der Waals surface area contributed by atoms with Crippen molar-refractivity contribution in [1.29, 1.82) is 0 Å². The molecule has 0 bridgehead atoms. The number of carbonyl (C=O) groups excluding carboxylic acids is 1. The molecule has 0 radical (unpaired) electrons. The van der Waals surface area contributed by atoms with Crippen LogP contribution in [-0.4, -0.2) is 16.9 Å². The van der Waals surface area contributed by atoms with Gasteiger partial charge in [0.25, 0.3) is 0 Å². The van der Waals surface area contributed by atoms with E-state index in [0.29, 0.717) is 0 Å². The van der Waals surface area contributed by atoms with Crippen molar-refractivity contribution in [1.82, 2.24) is 4.98 Å². The molecule has 0 aliphatic carbocycles. The van der Waals surface area contributed by atoms with E-state index in [9.17, 15) is 9.18 Å². The first-order valence-electron chi connectivity index (χ1n) is 7.87. The second-order valence-corrected chi connectivity index (χ2v) is 6.73. The Morgan fingerprint density at radius 2 is 1.88 bits per heavy atom. The Morgan fingerprint density at radius 1 is 1.16 bits per heavy atom. The van der Waals surface area contributed by atoms with Gasteiger partial charge in [0.2, 0.25) is 5.91 Å². The second kappa shape index (κ2) is 7.44. The molecule has 4 nitrogen and oxygen atoms in total. The van der Waals surface area contributed by atoms with E-state index < -0.39 is 11.9 Å². The molecule has 0 unspecified atom stereocenters. The fourth-order valence-electron chi connectivity index (χ4n) is 2.35. The molecule has 1 amide bonds. The van der Waals surface area contributed by atoms with E-state index in [0.717, 1.165) is 22.0 Å². The van der Waals surface area contributed by atoms with E-state index in [2.05, 4.69) is 15.6 Å². The number of hydrogen-bond acceptors (Lipinski definition) is 4. The molecule has 1 aromatic heterocycles. The lowest BCUT2D eigenvalue weighted by molar-refractivity contribution is -0.116. The Labute approximate surface area is 149 Å². The maximum absolute atomic E-state index is 13.6. The van der Waals surface area contributed by atoms with Gasteiger partial charge >= 0.3 is 0 Å². The Balaban J connectivity index is 1.63. The highest BCUT2D eigenvalue weighted by Crippen LogP contribution is 2.23. The van der Waals surface area contributed by atoms with Gasteiger partial charge in [-0.2, -0.15) is 0 Å². The molecule has 2 N–H and O–H groups in total. The van der Waals surface area contributed by atoms with Crippen LogP contribution in [0.5, 0.6) is 0 Å². The number of anilines is 2. The highest BCUT2D eigenvalue weighted by molar-refractivity contribution is 7.09. The molecule has 0 aliphatic heterocycles. The molecule has 0 spiro atoms. The Bertz CT molecular complexity index is 876. The van der Waals surface area contributed by atoms with Crippen LogP contribution in [0.2, 0.25) is 0 Å². The smallest absolute Gasteiger partial charge is 0.246 e. The van der Waals surface area contributed by atoms with Gasteiger partial charge in [0.15, 0.2) is 0 Å². The summed E-state index contributed by atoms with van der Waals surface area (Å²) in [6.07, 6.45) is 0. The zero-order valence-electron chi connectivity index (χ0n) is 13.9. The molecule has 3 aromatic rings. The number of halogens is 1. The quantitative estimate of drug-likeness (QED) is 0.698. The zero-order chi connectivity index (χ0) is 17.8. The maximum Gasteiger partial charge on any atom is 0.246 e. The third-order valence-electron chi connectivity index (χ3n) is 3.71. The molecule has 128 valence electrons. The molecule has 0 saturated carbocycles. The first-order chi connectivity index (χ1) is 12.0. The molecule has 1 heterocycles. The number of amides is 1. The number of para-hydroxylation sites is 1. The van der Waals surface area contributed by atoms with Crippen LogP contribution in [0.4, 0.5) is 15.8 Å². The lowest BCUT2D eigenvalue weighted by Crippen LogP contribution is -2.32. The first kappa shape index (κ1) is 17.1. The van der Waals surface area contributed by atoms with Crippen LogP contribution in [0.15, 0.2) is 53.9 Å². The predicted octanol–water partition coefficient (Wildman–Crippen LogP) is 4.70. The van der Waals surface area contributed by atoms with Crippen LogP contribution in [0.1, 0.15) is 11.9 Å². The van der Waals surface area contributed by atoms with Gasteiger partial charge in [-0.25, -0.2) is 9.37 Å². The highest BCUT2D eigenvalue weighted by atomic mass is 32.1. The Hall–Kier alpha value is -2.73. The predicted molar refractivity (Wildman–Crippen MR) is 100 cm³/mol. The number of nitrogens with zero attached hydrogens (tertiary/aromatic N) is 1. The summed E-state index contributed by atoms with van der Waals surface area (Å²) in [4.78, 5) is 16.7. The average molecular weight is 355 g/mol. The minimum Gasteiger partial charge on any atom is -0.374 e. The van der Waals surface area contributed by atoms with Crippen LogP contribution < -0.4 is 10.6 Å². The molecule has 25 heavy (non-hydrogen) atoms. The molecule has 2 aromatic carbocycles. The zero-order valence-corrected chi connectivity index (χ0v) is 14.7. The first-order valence-corrected chi connectivity index (χ1v) is 8.75.